The first-order valence-electron chi connectivity index (χ1n) is 5.78. The Morgan fingerprint density at radius 1 is 0.750 bits per heavy atom. The van der Waals surface area contributed by atoms with Gasteiger partial charge in [-0.15, -0.1) is 0 Å². The van der Waals surface area contributed by atoms with Crippen LogP contribution in [0.25, 0.3) is 0 Å². The Labute approximate surface area is 146 Å². The molecule has 0 amide bonds. The Morgan fingerprint density at radius 2 is 1.12 bits per heavy atom. The SMILES string of the molecule is C[Si](C)(C)C(c1ccccc1)[Si](C)(C)C.[K]. The van der Waals surface area contributed by atoms with Crippen molar-refractivity contribution in [2.45, 2.75) is 44.4 Å². The van der Waals surface area contributed by atoms with Gasteiger partial charge in [-0.3, -0.25) is 0 Å². The zero-order valence-electron chi connectivity index (χ0n) is 12.0. The zero-order valence-corrected chi connectivity index (χ0v) is 17.1. The summed E-state index contributed by atoms with van der Waals surface area (Å²) in [5.41, 5.74) is 1.58. The van der Waals surface area contributed by atoms with Crippen LogP contribution < -0.4 is 0 Å². The first-order valence-corrected chi connectivity index (χ1v) is 12.9. The molecule has 85 valence electrons. The van der Waals surface area contributed by atoms with Crippen molar-refractivity contribution in [2.24, 2.45) is 0 Å². The molecular formula is C13H24KSi2. The number of rotatable bonds is 3. The molecule has 0 atom stereocenters. The minimum Gasteiger partial charge on any atom is -0.0693 e. The van der Waals surface area contributed by atoms with Crippen LogP contribution in [0.5, 0.6) is 0 Å². The van der Waals surface area contributed by atoms with Crippen LogP contribution >= 0.6 is 0 Å². The van der Waals surface area contributed by atoms with Crippen molar-refractivity contribution in [3.63, 3.8) is 0 Å². The first kappa shape index (κ1) is 17.3. The molecule has 0 aliphatic heterocycles. The van der Waals surface area contributed by atoms with Gasteiger partial charge in [-0.05, 0) is 5.16 Å². The molecule has 0 aromatic heterocycles. The van der Waals surface area contributed by atoms with Crippen LogP contribution in [-0.4, -0.2) is 67.5 Å². The maximum Gasteiger partial charge on any atom is 0.0493 e. The third-order valence-corrected chi connectivity index (χ3v) is 12.2. The molecule has 3 heteroatoms. The molecule has 0 saturated carbocycles. The van der Waals surface area contributed by atoms with Crippen molar-refractivity contribution in [2.75, 3.05) is 0 Å². The van der Waals surface area contributed by atoms with Gasteiger partial charge in [-0.25, -0.2) is 0 Å². The van der Waals surface area contributed by atoms with Crippen molar-refractivity contribution in [1.29, 1.82) is 0 Å². The Balaban J connectivity index is 0.00000225. The molecule has 1 radical (unpaired) electrons. The molecule has 0 fully saturated rings. The Bertz CT molecular complexity index is 295. The first-order chi connectivity index (χ1) is 6.73. The molecule has 0 aliphatic carbocycles. The van der Waals surface area contributed by atoms with E-state index >= 15 is 0 Å². The van der Waals surface area contributed by atoms with Crippen LogP contribution in [-0.2, 0) is 0 Å². The summed E-state index contributed by atoms with van der Waals surface area (Å²) in [6, 6.07) is 11.1. The second kappa shape index (κ2) is 6.45. The van der Waals surface area contributed by atoms with Gasteiger partial charge in [-0.1, -0.05) is 75.2 Å². The van der Waals surface area contributed by atoms with Gasteiger partial charge in [0.2, 0.25) is 0 Å². The van der Waals surface area contributed by atoms with Gasteiger partial charge in [0.05, 0.1) is 0 Å². The van der Waals surface area contributed by atoms with Crippen molar-refractivity contribution < 1.29 is 0 Å². The minimum absolute atomic E-state index is 0. The quantitative estimate of drug-likeness (QED) is 0.727. The average molecular weight is 276 g/mol. The zero-order chi connectivity index (χ0) is 11.7. The Kier molecular flexibility index (Phi) is 6.98. The van der Waals surface area contributed by atoms with Gasteiger partial charge >= 0.3 is 0 Å². The van der Waals surface area contributed by atoms with Crippen LogP contribution in [0.4, 0.5) is 0 Å². The van der Waals surface area contributed by atoms with E-state index in [0.717, 1.165) is 5.16 Å². The van der Waals surface area contributed by atoms with Gasteiger partial charge in [-0.2, -0.15) is 0 Å². The summed E-state index contributed by atoms with van der Waals surface area (Å²) in [4.78, 5) is 0. The van der Waals surface area contributed by atoms with Gasteiger partial charge in [0, 0.05) is 67.5 Å². The molecule has 0 nitrogen and oxygen atoms in total. The van der Waals surface area contributed by atoms with Gasteiger partial charge in [0.15, 0.2) is 0 Å². The third kappa shape index (κ3) is 4.88. The maximum absolute atomic E-state index is 2.50. The van der Waals surface area contributed by atoms with E-state index in [1.165, 1.54) is 0 Å². The summed E-state index contributed by atoms with van der Waals surface area (Å²) in [7, 11) is -2.20. The van der Waals surface area contributed by atoms with E-state index in [1.54, 1.807) is 5.56 Å². The van der Waals surface area contributed by atoms with E-state index in [1.807, 2.05) is 0 Å². The van der Waals surface area contributed by atoms with Gasteiger partial charge < -0.3 is 0 Å². The molecule has 1 rings (SSSR count). The predicted octanol–water partition coefficient (Wildman–Crippen LogP) is 4.14. The van der Waals surface area contributed by atoms with E-state index in [9.17, 15) is 0 Å². The fourth-order valence-electron chi connectivity index (χ4n) is 2.94. The number of hydrogen-bond acceptors (Lipinski definition) is 0. The van der Waals surface area contributed by atoms with Gasteiger partial charge in [0.25, 0.3) is 0 Å². The van der Waals surface area contributed by atoms with E-state index in [-0.39, 0.29) is 51.4 Å². The topological polar surface area (TPSA) is 0 Å². The Morgan fingerprint density at radius 3 is 1.44 bits per heavy atom. The second-order valence-electron chi connectivity index (χ2n) is 6.58. The standard InChI is InChI=1S/C13H24Si2.K/c1-14(2,3)13(15(4,5)6)12-10-8-7-9-11-12;/h7-11,13H,1-6H3;. The predicted molar refractivity (Wildman–Crippen MR) is 81.6 cm³/mol. The molecule has 1 aromatic carbocycles. The van der Waals surface area contributed by atoms with E-state index in [0.29, 0.717) is 0 Å². The summed E-state index contributed by atoms with van der Waals surface area (Å²) in [5.74, 6) is 0. The molecule has 0 heterocycles. The Hall–Kier alpha value is 1.29. The van der Waals surface area contributed by atoms with Crippen LogP contribution in [0.2, 0.25) is 39.3 Å². The summed E-state index contributed by atoms with van der Waals surface area (Å²) in [6.07, 6.45) is 0. The molecule has 0 bridgehead atoms. The average Bonchev–Trinajstić information content (AvgIpc) is 2.00. The van der Waals surface area contributed by atoms with Crippen molar-refractivity contribution in [3.8, 4) is 0 Å². The largest absolute Gasteiger partial charge is 0.0693 e. The van der Waals surface area contributed by atoms with Crippen molar-refractivity contribution in [1.82, 2.24) is 0 Å². The molecule has 0 spiro atoms. The monoisotopic (exact) mass is 275 g/mol. The summed E-state index contributed by atoms with van der Waals surface area (Å²) in [5, 5.41) is 0.867. The minimum atomic E-state index is -1.10. The van der Waals surface area contributed by atoms with Crippen LogP contribution in [0.3, 0.4) is 0 Å². The summed E-state index contributed by atoms with van der Waals surface area (Å²) < 4.78 is 0. The smallest absolute Gasteiger partial charge is 0.0493 e. The van der Waals surface area contributed by atoms with Crippen LogP contribution in [0.15, 0.2) is 30.3 Å². The molecule has 0 N–H and O–H groups in total. The van der Waals surface area contributed by atoms with Crippen molar-refractivity contribution >= 4 is 67.5 Å². The fourth-order valence-corrected chi connectivity index (χ4v) is 15.7. The maximum atomic E-state index is 2.50. The third-order valence-electron chi connectivity index (χ3n) is 2.86. The molecule has 1 aromatic rings. The molecule has 0 aliphatic rings. The number of benzene rings is 1. The second-order valence-corrected chi connectivity index (χ2v) is 17.8. The molecule has 0 saturated heterocycles. The summed E-state index contributed by atoms with van der Waals surface area (Å²) in [6.45, 7) is 15.0. The van der Waals surface area contributed by atoms with E-state index in [2.05, 4.69) is 69.6 Å². The van der Waals surface area contributed by atoms with Gasteiger partial charge in [0.1, 0.15) is 0 Å². The molecule has 16 heavy (non-hydrogen) atoms. The van der Waals surface area contributed by atoms with Crippen molar-refractivity contribution in [3.05, 3.63) is 35.9 Å². The molecular weight excluding hydrogens is 251 g/mol. The van der Waals surface area contributed by atoms with E-state index in [4.69, 9.17) is 0 Å². The summed E-state index contributed by atoms with van der Waals surface area (Å²) >= 11 is 0. The van der Waals surface area contributed by atoms with Crippen LogP contribution in [0, 0.1) is 0 Å². The van der Waals surface area contributed by atoms with Crippen LogP contribution in [0.1, 0.15) is 10.7 Å². The number of hydrogen-bond donors (Lipinski definition) is 0. The van der Waals surface area contributed by atoms with E-state index < -0.39 is 16.1 Å². The fraction of sp³-hybridized carbons (Fsp3) is 0.538. The normalized spacial score (nSPS) is 12.4. The molecule has 0 unspecified atom stereocenters.